The van der Waals surface area contributed by atoms with E-state index in [-0.39, 0.29) is 11.5 Å². The quantitative estimate of drug-likeness (QED) is 0.572. The summed E-state index contributed by atoms with van der Waals surface area (Å²) in [5.74, 6) is 0.912. The summed E-state index contributed by atoms with van der Waals surface area (Å²) in [7, 11) is 0. The van der Waals surface area contributed by atoms with Crippen LogP contribution in [0.4, 0.5) is 0 Å². The summed E-state index contributed by atoms with van der Waals surface area (Å²) in [5, 5.41) is 8.08. The van der Waals surface area contributed by atoms with E-state index in [2.05, 4.69) is 20.2 Å². The molecule has 3 aromatic rings. The van der Waals surface area contributed by atoms with E-state index in [1.807, 2.05) is 12.1 Å². The van der Waals surface area contributed by atoms with E-state index in [0.717, 1.165) is 5.56 Å². The first-order valence-corrected chi connectivity index (χ1v) is 7.83. The third-order valence-corrected chi connectivity index (χ3v) is 4.00. The number of carbonyl (C=O) groups excluding carboxylic acids is 1. The number of H-pyrrole nitrogens is 1. The molecule has 2 heterocycles. The second kappa shape index (κ2) is 6.72. The number of thioether (sulfide) groups is 1. The lowest BCUT2D eigenvalue weighted by Crippen LogP contribution is -2.02. The van der Waals surface area contributed by atoms with E-state index >= 15 is 0 Å². The Morgan fingerprint density at radius 1 is 1.23 bits per heavy atom. The van der Waals surface area contributed by atoms with Gasteiger partial charge in [0.05, 0.1) is 5.75 Å². The standard InChI is InChI=1S/C15H11ClN4OS/c16-12-5-3-10(4-6-12)13(21)9-22-15-18-14(19-20-15)11-2-1-7-17-8-11/h1-8H,9H2,(H,18,19,20). The molecule has 1 N–H and O–H groups in total. The predicted molar refractivity (Wildman–Crippen MR) is 86.1 cm³/mol. The SMILES string of the molecule is O=C(CSc1n[nH]c(-c2cccnc2)n1)c1ccc(Cl)cc1. The molecule has 1 aromatic carbocycles. The lowest BCUT2D eigenvalue weighted by Gasteiger charge is -1.99. The first kappa shape index (κ1) is 14.7. The number of halogens is 1. The van der Waals surface area contributed by atoms with Crippen LogP contribution in [-0.2, 0) is 0 Å². The van der Waals surface area contributed by atoms with E-state index < -0.39 is 0 Å². The van der Waals surface area contributed by atoms with Gasteiger partial charge in [-0.15, -0.1) is 5.10 Å². The second-order valence-corrected chi connectivity index (χ2v) is 5.81. The molecule has 0 bridgehead atoms. The van der Waals surface area contributed by atoms with Gasteiger partial charge in [0.15, 0.2) is 11.6 Å². The van der Waals surface area contributed by atoms with Gasteiger partial charge in [-0.3, -0.25) is 14.9 Å². The van der Waals surface area contributed by atoms with Crippen molar-refractivity contribution in [2.75, 3.05) is 5.75 Å². The van der Waals surface area contributed by atoms with Crippen molar-refractivity contribution in [3.63, 3.8) is 0 Å². The second-order valence-electron chi connectivity index (χ2n) is 4.43. The molecule has 7 heteroatoms. The van der Waals surface area contributed by atoms with E-state index in [1.54, 1.807) is 36.7 Å². The number of benzene rings is 1. The zero-order valence-electron chi connectivity index (χ0n) is 11.4. The highest BCUT2D eigenvalue weighted by atomic mass is 35.5. The fourth-order valence-corrected chi connectivity index (χ4v) is 2.61. The Morgan fingerprint density at radius 3 is 2.77 bits per heavy atom. The minimum Gasteiger partial charge on any atom is -0.293 e. The van der Waals surface area contributed by atoms with Gasteiger partial charge in [-0.1, -0.05) is 23.4 Å². The maximum atomic E-state index is 12.1. The molecule has 3 rings (SSSR count). The average molecular weight is 331 g/mol. The van der Waals surface area contributed by atoms with Gasteiger partial charge in [0, 0.05) is 28.5 Å². The number of aromatic amines is 1. The highest BCUT2D eigenvalue weighted by Gasteiger charge is 2.10. The monoisotopic (exact) mass is 330 g/mol. The molecular weight excluding hydrogens is 320 g/mol. The van der Waals surface area contributed by atoms with Crippen molar-refractivity contribution < 1.29 is 4.79 Å². The Balaban J connectivity index is 1.64. The number of nitrogens with one attached hydrogen (secondary N) is 1. The number of pyridine rings is 1. The van der Waals surface area contributed by atoms with Crippen LogP contribution in [0.3, 0.4) is 0 Å². The van der Waals surface area contributed by atoms with Crippen molar-refractivity contribution in [1.29, 1.82) is 0 Å². The van der Waals surface area contributed by atoms with E-state index in [1.165, 1.54) is 11.8 Å². The van der Waals surface area contributed by atoms with E-state index in [4.69, 9.17) is 11.6 Å². The number of hydrogen-bond donors (Lipinski definition) is 1. The number of hydrogen-bond acceptors (Lipinski definition) is 5. The molecule has 0 atom stereocenters. The van der Waals surface area contributed by atoms with Crippen LogP contribution in [-0.4, -0.2) is 31.7 Å². The Hall–Kier alpha value is -2.18. The Kier molecular flexibility index (Phi) is 4.50. The molecule has 0 saturated carbocycles. The maximum absolute atomic E-state index is 12.1. The van der Waals surface area contributed by atoms with Crippen molar-refractivity contribution in [2.24, 2.45) is 0 Å². The van der Waals surface area contributed by atoms with Crippen molar-refractivity contribution in [1.82, 2.24) is 20.2 Å². The van der Waals surface area contributed by atoms with Crippen molar-refractivity contribution in [3.8, 4) is 11.4 Å². The lowest BCUT2D eigenvalue weighted by molar-refractivity contribution is 0.102. The van der Waals surface area contributed by atoms with Gasteiger partial charge >= 0.3 is 0 Å². The van der Waals surface area contributed by atoms with Crippen LogP contribution in [0.25, 0.3) is 11.4 Å². The predicted octanol–water partition coefficient (Wildman–Crippen LogP) is 3.50. The molecule has 0 spiro atoms. The van der Waals surface area contributed by atoms with Crippen LogP contribution in [0.2, 0.25) is 5.02 Å². The Morgan fingerprint density at radius 2 is 2.05 bits per heavy atom. The molecule has 0 amide bonds. The van der Waals surface area contributed by atoms with Crippen molar-refractivity contribution in [3.05, 3.63) is 59.4 Å². The first-order chi connectivity index (χ1) is 10.7. The van der Waals surface area contributed by atoms with Gasteiger partial charge in [0.25, 0.3) is 0 Å². The molecule has 5 nitrogen and oxygen atoms in total. The van der Waals surface area contributed by atoms with Crippen LogP contribution in [0.1, 0.15) is 10.4 Å². The minimum absolute atomic E-state index is 0.00870. The van der Waals surface area contributed by atoms with Crippen LogP contribution < -0.4 is 0 Å². The van der Waals surface area contributed by atoms with Crippen LogP contribution in [0, 0.1) is 0 Å². The Labute approximate surface area is 136 Å². The summed E-state index contributed by atoms with van der Waals surface area (Å²) in [4.78, 5) is 20.4. The number of nitrogens with zero attached hydrogens (tertiary/aromatic N) is 3. The molecule has 0 aliphatic carbocycles. The number of carbonyl (C=O) groups is 1. The average Bonchev–Trinajstić information content (AvgIpc) is 3.03. The smallest absolute Gasteiger partial charge is 0.209 e. The fourth-order valence-electron chi connectivity index (χ4n) is 1.79. The summed E-state index contributed by atoms with van der Waals surface area (Å²) >= 11 is 7.09. The zero-order valence-corrected chi connectivity index (χ0v) is 12.9. The lowest BCUT2D eigenvalue weighted by atomic mass is 10.1. The topological polar surface area (TPSA) is 71.5 Å². The van der Waals surface area contributed by atoms with Crippen molar-refractivity contribution >= 4 is 29.1 Å². The van der Waals surface area contributed by atoms with Gasteiger partial charge in [-0.25, -0.2) is 4.98 Å². The molecule has 0 unspecified atom stereocenters. The number of Topliss-reactive ketones (excluding diaryl/α,β-unsaturated/α-hetero) is 1. The van der Waals surface area contributed by atoms with Crippen LogP contribution in [0.15, 0.2) is 53.9 Å². The summed E-state index contributed by atoms with van der Waals surface area (Å²) < 4.78 is 0. The highest BCUT2D eigenvalue weighted by Crippen LogP contribution is 2.19. The maximum Gasteiger partial charge on any atom is 0.209 e. The van der Waals surface area contributed by atoms with Gasteiger partial charge in [-0.05, 0) is 36.4 Å². The normalized spacial score (nSPS) is 10.6. The Bertz CT molecular complexity index is 774. The van der Waals surface area contributed by atoms with E-state index in [0.29, 0.717) is 21.6 Å². The summed E-state index contributed by atoms with van der Waals surface area (Å²) in [6.45, 7) is 0. The van der Waals surface area contributed by atoms with E-state index in [9.17, 15) is 4.79 Å². The largest absolute Gasteiger partial charge is 0.293 e. The molecule has 0 fully saturated rings. The minimum atomic E-state index is 0.00870. The summed E-state index contributed by atoms with van der Waals surface area (Å²) in [6.07, 6.45) is 3.40. The zero-order chi connectivity index (χ0) is 15.4. The van der Waals surface area contributed by atoms with Gasteiger partial charge < -0.3 is 0 Å². The third kappa shape index (κ3) is 3.52. The first-order valence-electron chi connectivity index (χ1n) is 6.47. The number of ketones is 1. The molecule has 22 heavy (non-hydrogen) atoms. The van der Waals surface area contributed by atoms with Crippen LogP contribution >= 0.6 is 23.4 Å². The van der Waals surface area contributed by atoms with Crippen molar-refractivity contribution in [2.45, 2.75) is 5.16 Å². The molecular formula is C15H11ClN4OS. The number of aromatic nitrogens is 4. The molecule has 110 valence electrons. The van der Waals surface area contributed by atoms with Crippen LogP contribution in [0.5, 0.6) is 0 Å². The molecule has 0 aliphatic rings. The molecule has 0 radical (unpaired) electrons. The molecule has 0 saturated heterocycles. The number of rotatable bonds is 5. The molecule has 0 aliphatic heterocycles. The third-order valence-electron chi connectivity index (χ3n) is 2.90. The molecule has 2 aromatic heterocycles. The fraction of sp³-hybridized carbons (Fsp3) is 0.0667. The highest BCUT2D eigenvalue weighted by molar-refractivity contribution is 7.99. The summed E-state index contributed by atoms with van der Waals surface area (Å²) in [6, 6.07) is 10.5. The van der Waals surface area contributed by atoms with Gasteiger partial charge in [-0.2, -0.15) is 0 Å². The van der Waals surface area contributed by atoms with Gasteiger partial charge in [0.2, 0.25) is 5.16 Å². The van der Waals surface area contributed by atoms with Gasteiger partial charge in [0.1, 0.15) is 0 Å². The summed E-state index contributed by atoms with van der Waals surface area (Å²) in [5.41, 5.74) is 1.48.